The van der Waals surface area contributed by atoms with Crippen LogP contribution in [0.1, 0.15) is 61.6 Å². The van der Waals surface area contributed by atoms with E-state index >= 15 is 0 Å². The normalized spacial score (nSPS) is 26.1. The lowest BCUT2D eigenvalue weighted by Gasteiger charge is -2.32. The largest absolute Gasteiger partial charge is 0.475 e. The van der Waals surface area contributed by atoms with Gasteiger partial charge in [0.1, 0.15) is 24.6 Å². The molecule has 0 aromatic carbocycles. The summed E-state index contributed by atoms with van der Waals surface area (Å²) in [5, 5.41) is 0. The van der Waals surface area contributed by atoms with Crippen molar-refractivity contribution in [1.82, 2.24) is 19.5 Å². The number of nitrogens with zero attached hydrogens (tertiary/aromatic N) is 5. The van der Waals surface area contributed by atoms with Gasteiger partial charge in [-0.2, -0.15) is 0 Å². The topological polar surface area (TPSA) is 119 Å². The number of aromatic nitrogens is 4. The molecule has 0 unspecified atom stereocenters. The monoisotopic (exact) mass is 605 g/mol. The van der Waals surface area contributed by atoms with Crippen LogP contribution in [0.4, 0.5) is 5.82 Å². The average molecular weight is 606 g/mol. The quantitative estimate of drug-likeness (QED) is 0.319. The van der Waals surface area contributed by atoms with Crippen LogP contribution < -0.4 is 4.90 Å². The molecular weight excluding hydrogens is 569 g/mol. The van der Waals surface area contributed by atoms with Crippen molar-refractivity contribution in [1.29, 1.82) is 0 Å². The van der Waals surface area contributed by atoms with E-state index in [0.717, 1.165) is 0 Å². The van der Waals surface area contributed by atoms with E-state index in [0.29, 0.717) is 21.7 Å². The van der Waals surface area contributed by atoms with Crippen LogP contribution in [-0.2, 0) is 32.3 Å². The zero-order valence-corrected chi connectivity index (χ0v) is 25.5. The molecule has 0 N–H and O–H groups in total. The summed E-state index contributed by atoms with van der Waals surface area (Å²) in [5.41, 5.74) is -0.343. The number of rotatable bonds is 7. The first-order valence-electron chi connectivity index (χ1n) is 12.1. The molecule has 0 saturated carbocycles. The van der Waals surface area contributed by atoms with Crippen molar-refractivity contribution < 1.29 is 32.3 Å². The first kappa shape index (κ1) is 28.8. The molecule has 0 spiro atoms. The van der Waals surface area contributed by atoms with Gasteiger partial charge in [0.2, 0.25) is 0 Å². The Bertz CT molecular complexity index is 1170. The molecule has 0 aliphatic carbocycles. The molecule has 2 aliphatic heterocycles. The molecule has 208 valence electrons. The van der Waals surface area contributed by atoms with Gasteiger partial charge < -0.3 is 19.1 Å². The van der Waals surface area contributed by atoms with E-state index in [9.17, 15) is 4.57 Å². The smallest absolute Gasteiger partial charge is 0.361 e. The maximum Gasteiger partial charge on any atom is 0.475 e. The van der Waals surface area contributed by atoms with Gasteiger partial charge in [-0.15, -0.1) is 0 Å². The summed E-state index contributed by atoms with van der Waals surface area (Å²) in [6.07, 6.45) is -0.846. The molecule has 0 amide bonds. The molecule has 2 aromatic heterocycles. The minimum atomic E-state index is -3.96. The van der Waals surface area contributed by atoms with E-state index in [1.54, 1.807) is 41.5 Å². The summed E-state index contributed by atoms with van der Waals surface area (Å²) in [7, 11) is -0.186. The Morgan fingerprint density at radius 3 is 2.24 bits per heavy atom. The van der Waals surface area contributed by atoms with E-state index in [1.807, 2.05) is 37.4 Å². The number of hydrogen-bond acceptors (Lipinski definition) is 11. The van der Waals surface area contributed by atoms with Crippen molar-refractivity contribution in [2.45, 2.75) is 96.9 Å². The predicted molar refractivity (Wildman–Crippen MR) is 140 cm³/mol. The number of fused-ring (bicyclic) bond motifs is 2. The predicted octanol–water partition coefficient (Wildman–Crippen LogP) is 4.83. The van der Waals surface area contributed by atoms with Crippen LogP contribution in [-0.4, -0.2) is 75.5 Å². The Morgan fingerprint density at radius 2 is 1.68 bits per heavy atom. The van der Waals surface area contributed by atoms with Crippen molar-refractivity contribution >= 4 is 40.7 Å². The van der Waals surface area contributed by atoms with Crippen molar-refractivity contribution in [3.63, 3.8) is 0 Å². The molecule has 14 heteroatoms. The van der Waals surface area contributed by atoms with Crippen LogP contribution in [0.15, 0.2) is 11.1 Å². The second-order valence-electron chi connectivity index (χ2n) is 11.8. The van der Waals surface area contributed by atoms with Crippen LogP contribution in [0.5, 0.6) is 0 Å². The Balaban J connectivity index is 1.65. The third kappa shape index (κ3) is 6.36. The van der Waals surface area contributed by atoms with Gasteiger partial charge in [0.25, 0.3) is 0 Å². The third-order valence-electron chi connectivity index (χ3n) is 5.39. The van der Waals surface area contributed by atoms with Crippen LogP contribution in [0.3, 0.4) is 0 Å². The maximum atomic E-state index is 13.6. The minimum absolute atomic E-state index is 0.108. The summed E-state index contributed by atoms with van der Waals surface area (Å²) in [6.45, 7) is 14.3. The highest BCUT2D eigenvalue weighted by atomic mass is 79.9. The van der Waals surface area contributed by atoms with E-state index in [1.165, 1.54) is 6.33 Å². The standard InChI is InChI=1S/C23H37BrN5O7P/c1-21(2,3)35-37(30,36-22(4,5)6)31-11-13-15-16(34-23(7,8)33-15)19(32-13)29-18-14(27-20(29)24)17(28(9)10)25-12-26-18/h12-13,15-16,19H,11H2,1-10H3/t13-,15-,16-,19-/m1/s1. The third-order valence-corrected chi connectivity index (χ3v) is 7.95. The van der Waals surface area contributed by atoms with Gasteiger partial charge >= 0.3 is 7.82 Å². The van der Waals surface area contributed by atoms with Gasteiger partial charge in [0.05, 0.1) is 17.8 Å². The molecule has 0 radical (unpaired) electrons. The van der Waals surface area contributed by atoms with Crippen LogP contribution >= 0.6 is 23.8 Å². The SMILES string of the molecule is CN(C)c1ncnc2c1nc(Br)n2[C@@H]1O[C@H](COP(=O)(OC(C)(C)C)OC(C)(C)C)[C@H]2OC(C)(C)O[C@H]21. The molecule has 2 aliphatic rings. The number of phosphoric ester groups is 1. The second kappa shape index (κ2) is 9.78. The summed E-state index contributed by atoms with van der Waals surface area (Å²) in [4.78, 5) is 15.3. The fourth-order valence-corrected chi connectivity index (χ4v) is 6.69. The van der Waals surface area contributed by atoms with Gasteiger partial charge in [0.15, 0.2) is 33.7 Å². The van der Waals surface area contributed by atoms with Crippen LogP contribution in [0.2, 0.25) is 0 Å². The van der Waals surface area contributed by atoms with E-state index < -0.39 is 49.4 Å². The molecule has 2 aromatic rings. The summed E-state index contributed by atoms with van der Waals surface area (Å²) >= 11 is 3.56. The average Bonchev–Trinajstić information content (AvgIpc) is 3.30. The van der Waals surface area contributed by atoms with Gasteiger partial charge in [0, 0.05) is 14.1 Å². The van der Waals surface area contributed by atoms with E-state index in [2.05, 4.69) is 30.9 Å². The zero-order chi connectivity index (χ0) is 27.6. The first-order chi connectivity index (χ1) is 16.9. The lowest BCUT2D eigenvalue weighted by atomic mass is 10.1. The molecule has 2 fully saturated rings. The molecule has 37 heavy (non-hydrogen) atoms. The zero-order valence-electron chi connectivity index (χ0n) is 23.0. The van der Waals surface area contributed by atoms with Gasteiger partial charge in [-0.05, 0) is 71.3 Å². The molecule has 4 rings (SSSR count). The van der Waals surface area contributed by atoms with Crippen molar-refractivity contribution in [3.8, 4) is 0 Å². The number of halogens is 1. The van der Waals surface area contributed by atoms with Gasteiger partial charge in [-0.1, -0.05) is 0 Å². The molecule has 0 bridgehead atoms. The number of imidazole rings is 1. The fourth-order valence-electron chi connectivity index (χ4n) is 4.33. The van der Waals surface area contributed by atoms with E-state index in [-0.39, 0.29) is 6.61 Å². The highest BCUT2D eigenvalue weighted by Gasteiger charge is 2.57. The number of phosphoric acid groups is 1. The van der Waals surface area contributed by atoms with Crippen molar-refractivity contribution in [2.75, 3.05) is 25.6 Å². The second-order valence-corrected chi connectivity index (χ2v) is 14.0. The molecule has 4 heterocycles. The lowest BCUT2D eigenvalue weighted by molar-refractivity contribution is -0.199. The first-order valence-corrected chi connectivity index (χ1v) is 14.4. The Kier molecular flexibility index (Phi) is 7.62. The van der Waals surface area contributed by atoms with Gasteiger partial charge in [-0.3, -0.25) is 18.1 Å². The van der Waals surface area contributed by atoms with Gasteiger partial charge in [-0.25, -0.2) is 19.5 Å². The Morgan fingerprint density at radius 1 is 1.08 bits per heavy atom. The Labute approximate surface area is 226 Å². The summed E-state index contributed by atoms with van der Waals surface area (Å²) in [5.74, 6) is -0.196. The summed E-state index contributed by atoms with van der Waals surface area (Å²) in [6, 6.07) is 0. The Hall–Kier alpha value is -1.18. The molecule has 12 nitrogen and oxygen atoms in total. The van der Waals surface area contributed by atoms with Crippen molar-refractivity contribution in [2.24, 2.45) is 0 Å². The lowest BCUT2D eigenvalue weighted by Crippen LogP contribution is -2.33. The fraction of sp³-hybridized carbons (Fsp3) is 0.783. The number of hydrogen-bond donors (Lipinski definition) is 0. The molecular formula is C23H37BrN5O7P. The van der Waals surface area contributed by atoms with Crippen LogP contribution in [0, 0.1) is 0 Å². The van der Waals surface area contributed by atoms with Crippen LogP contribution in [0.25, 0.3) is 11.2 Å². The number of ether oxygens (including phenoxy) is 3. The molecule has 2 saturated heterocycles. The summed E-state index contributed by atoms with van der Waals surface area (Å²) < 4.78 is 52.2. The highest BCUT2D eigenvalue weighted by molar-refractivity contribution is 9.10. The number of anilines is 1. The maximum absolute atomic E-state index is 13.6. The van der Waals surface area contributed by atoms with E-state index in [4.69, 9.17) is 27.8 Å². The molecule has 4 atom stereocenters. The highest BCUT2D eigenvalue weighted by Crippen LogP contribution is 2.56. The minimum Gasteiger partial charge on any atom is -0.361 e. The van der Waals surface area contributed by atoms with Crippen molar-refractivity contribution in [3.05, 3.63) is 11.1 Å².